The van der Waals surface area contributed by atoms with Crippen molar-refractivity contribution in [2.24, 2.45) is 0 Å². The van der Waals surface area contributed by atoms with Gasteiger partial charge in [0.05, 0.1) is 26.5 Å². The zero-order chi connectivity index (χ0) is 20.8. The van der Waals surface area contributed by atoms with Crippen molar-refractivity contribution in [1.82, 2.24) is 4.57 Å². The van der Waals surface area contributed by atoms with Crippen molar-refractivity contribution in [3.8, 4) is 11.5 Å². The zero-order valence-electron chi connectivity index (χ0n) is 18.7. The van der Waals surface area contributed by atoms with E-state index in [2.05, 4.69) is 48.7 Å². The molecule has 0 bridgehead atoms. The van der Waals surface area contributed by atoms with E-state index in [1.165, 1.54) is 54.3 Å². The number of methoxy groups -OCH3 is 2. The van der Waals surface area contributed by atoms with Crippen LogP contribution < -0.4 is 14.4 Å². The second-order valence-electron chi connectivity index (χ2n) is 9.00. The van der Waals surface area contributed by atoms with Crippen LogP contribution in [-0.2, 0) is 19.5 Å². The smallest absolute Gasteiger partial charge is 0.134 e. The lowest BCUT2D eigenvalue weighted by molar-refractivity contribution is -0.945. The molecule has 2 atom stereocenters. The Labute approximate surface area is 179 Å². The van der Waals surface area contributed by atoms with Gasteiger partial charge in [-0.25, -0.2) is 0 Å². The summed E-state index contributed by atoms with van der Waals surface area (Å²) in [6.45, 7) is 7.64. The van der Waals surface area contributed by atoms with E-state index < -0.39 is 0 Å². The highest BCUT2D eigenvalue weighted by Gasteiger charge is 2.36. The molecule has 2 heterocycles. The number of aromatic nitrogens is 1. The van der Waals surface area contributed by atoms with E-state index in [1.807, 2.05) is 0 Å². The van der Waals surface area contributed by atoms with Gasteiger partial charge < -0.3 is 18.9 Å². The number of rotatable bonds is 4. The molecule has 0 amide bonds. The monoisotopic (exact) mass is 405 g/mol. The Hall–Kier alpha value is -2.46. The third kappa shape index (κ3) is 3.01. The Morgan fingerprint density at radius 1 is 1.07 bits per heavy atom. The molecular weight excluding hydrogens is 372 g/mol. The van der Waals surface area contributed by atoms with Gasteiger partial charge in [0.1, 0.15) is 24.1 Å². The Morgan fingerprint density at radius 3 is 2.73 bits per heavy atom. The molecule has 158 valence electrons. The minimum Gasteiger partial charge on any atom is -0.496 e. The fraction of sp³-hybridized carbons (Fsp3) is 0.462. The van der Waals surface area contributed by atoms with Gasteiger partial charge in [-0.3, -0.25) is 0 Å². The highest BCUT2D eigenvalue weighted by atomic mass is 16.5. The number of benzene rings is 2. The first-order chi connectivity index (χ1) is 14.6. The van der Waals surface area contributed by atoms with E-state index >= 15 is 0 Å². The van der Waals surface area contributed by atoms with Crippen LogP contribution in [0.2, 0.25) is 0 Å². The molecule has 2 aliphatic rings. The van der Waals surface area contributed by atoms with Gasteiger partial charge in [-0.2, -0.15) is 0 Å². The van der Waals surface area contributed by atoms with Crippen LogP contribution in [0.15, 0.2) is 30.3 Å². The van der Waals surface area contributed by atoms with Crippen molar-refractivity contribution in [3.63, 3.8) is 0 Å². The van der Waals surface area contributed by atoms with Crippen molar-refractivity contribution in [3.05, 3.63) is 58.3 Å². The predicted octanol–water partition coefficient (Wildman–Crippen LogP) is 4.14. The summed E-state index contributed by atoms with van der Waals surface area (Å²) >= 11 is 0. The molecule has 0 radical (unpaired) electrons. The molecule has 5 rings (SSSR count). The second kappa shape index (κ2) is 7.66. The van der Waals surface area contributed by atoms with E-state index in [4.69, 9.17) is 9.47 Å². The summed E-state index contributed by atoms with van der Waals surface area (Å²) in [5, 5.41) is 1.49. The van der Waals surface area contributed by atoms with Crippen LogP contribution in [-0.4, -0.2) is 25.3 Å². The van der Waals surface area contributed by atoms with Crippen LogP contribution in [0, 0.1) is 13.8 Å². The molecule has 1 N–H and O–H groups in total. The van der Waals surface area contributed by atoms with E-state index in [0.29, 0.717) is 6.04 Å². The summed E-state index contributed by atoms with van der Waals surface area (Å²) in [6, 6.07) is 11.9. The Kier molecular flexibility index (Phi) is 4.98. The summed E-state index contributed by atoms with van der Waals surface area (Å²) in [5.41, 5.74) is 8.42. The van der Waals surface area contributed by atoms with Crippen LogP contribution in [0.1, 0.15) is 53.3 Å². The lowest BCUT2D eigenvalue weighted by Crippen LogP contribution is -3.11. The van der Waals surface area contributed by atoms with E-state index in [0.717, 1.165) is 30.2 Å². The normalized spacial score (nSPS) is 20.7. The van der Waals surface area contributed by atoms with Crippen molar-refractivity contribution >= 4 is 10.9 Å². The SMILES string of the molecule is COc1ccc(C[NH+]2CCCn3c4c(c5cc(C)ccc53)CCC[C@@H]42)c(OC)c1C. The summed E-state index contributed by atoms with van der Waals surface area (Å²) < 4.78 is 14.0. The first-order valence-corrected chi connectivity index (χ1v) is 11.3. The van der Waals surface area contributed by atoms with Gasteiger partial charge in [-0.15, -0.1) is 0 Å². The third-order valence-electron chi connectivity index (χ3n) is 7.27. The van der Waals surface area contributed by atoms with Gasteiger partial charge in [0, 0.05) is 41.4 Å². The molecule has 1 unspecified atom stereocenters. The summed E-state index contributed by atoms with van der Waals surface area (Å²) in [5.74, 6) is 1.88. The van der Waals surface area contributed by atoms with Gasteiger partial charge in [0.25, 0.3) is 0 Å². The van der Waals surface area contributed by atoms with Crippen molar-refractivity contribution < 1.29 is 14.4 Å². The van der Waals surface area contributed by atoms with Crippen LogP contribution in [0.3, 0.4) is 0 Å². The van der Waals surface area contributed by atoms with Gasteiger partial charge >= 0.3 is 0 Å². The fourth-order valence-electron chi connectivity index (χ4n) is 5.95. The molecule has 0 spiro atoms. The zero-order valence-corrected chi connectivity index (χ0v) is 18.7. The van der Waals surface area contributed by atoms with Crippen LogP contribution >= 0.6 is 0 Å². The number of aryl methyl sites for hydroxylation is 3. The molecule has 1 aliphatic heterocycles. The summed E-state index contributed by atoms with van der Waals surface area (Å²) in [6.07, 6.45) is 4.99. The Balaban J connectivity index is 1.57. The molecular formula is C26H33N2O2+. The molecule has 0 fully saturated rings. The summed E-state index contributed by atoms with van der Waals surface area (Å²) in [4.78, 5) is 1.68. The number of nitrogens with zero attached hydrogens (tertiary/aromatic N) is 1. The summed E-state index contributed by atoms with van der Waals surface area (Å²) in [7, 11) is 3.51. The molecule has 4 heteroatoms. The topological polar surface area (TPSA) is 27.8 Å². The van der Waals surface area contributed by atoms with E-state index in [-0.39, 0.29) is 0 Å². The molecule has 4 nitrogen and oxygen atoms in total. The lowest BCUT2D eigenvalue weighted by atomic mass is 9.90. The number of fused-ring (bicyclic) bond motifs is 3. The van der Waals surface area contributed by atoms with Gasteiger partial charge in [-0.1, -0.05) is 11.6 Å². The van der Waals surface area contributed by atoms with Crippen LogP contribution in [0.25, 0.3) is 10.9 Å². The number of hydrogen-bond donors (Lipinski definition) is 1. The maximum atomic E-state index is 5.83. The molecule has 3 aromatic rings. The Bertz CT molecular complexity index is 1090. The Morgan fingerprint density at radius 2 is 1.93 bits per heavy atom. The number of ether oxygens (including phenoxy) is 2. The molecule has 1 aliphatic carbocycles. The number of hydrogen-bond acceptors (Lipinski definition) is 2. The average Bonchev–Trinajstić information content (AvgIpc) is 2.94. The first kappa shape index (κ1) is 19.5. The molecule has 0 saturated heterocycles. The highest BCUT2D eigenvalue weighted by Crippen LogP contribution is 2.38. The highest BCUT2D eigenvalue weighted by molar-refractivity contribution is 5.86. The van der Waals surface area contributed by atoms with Crippen molar-refractivity contribution in [2.45, 2.75) is 58.7 Å². The van der Waals surface area contributed by atoms with Gasteiger partial charge in [0.15, 0.2) is 0 Å². The molecule has 1 aromatic heterocycles. The maximum absolute atomic E-state index is 5.83. The van der Waals surface area contributed by atoms with Crippen LogP contribution in [0.5, 0.6) is 11.5 Å². The first-order valence-electron chi connectivity index (χ1n) is 11.3. The second-order valence-corrected chi connectivity index (χ2v) is 9.00. The fourth-order valence-corrected chi connectivity index (χ4v) is 5.95. The maximum Gasteiger partial charge on any atom is 0.134 e. The molecule has 2 aromatic carbocycles. The minimum atomic E-state index is 0.566. The standard InChI is InChI=1S/C26H32N2O2/c1-17-9-11-22-21(15-17)20-7-5-8-23-25(20)28(22)14-6-13-27(23)16-19-10-12-24(29-3)18(2)26(19)30-4/h9-12,15,23H,5-8,13-14,16H2,1-4H3/p+1/t23-/m0/s1. The van der Waals surface area contributed by atoms with E-state index in [9.17, 15) is 0 Å². The van der Waals surface area contributed by atoms with E-state index in [1.54, 1.807) is 30.4 Å². The van der Waals surface area contributed by atoms with Crippen LogP contribution in [0.4, 0.5) is 0 Å². The third-order valence-corrected chi connectivity index (χ3v) is 7.27. The number of quaternary nitrogens is 1. The van der Waals surface area contributed by atoms with Gasteiger partial charge in [0.2, 0.25) is 0 Å². The van der Waals surface area contributed by atoms with Crippen molar-refractivity contribution in [2.75, 3.05) is 20.8 Å². The number of nitrogens with one attached hydrogen (secondary N) is 1. The molecule has 30 heavy (non-hydrogen) atoms. The quantitative estimate of drug-likeness (QED) is 0.706. The minimum absolute atomic E-state index is 0.566. The predicted molar refractivity (Wildman–Crippen MR) is 121 cm³/mol. The molecule has 0 saturated carbocycles. The van der Waals surface area contributed by atoms with Crippen molar-refractivity contribution in [1.29, 1.82) is 0 Å². The lowest BCUT2D eigenvalue weighted by Gasteiger charge is -2.31. The van der Waals surface area contributed by atoms with Gasteiger partial charge in [-0.05, 0) is 56.5 Å². The average molecular weight is 406 g/mol. The largest absolute Gasteiger partial charge is 0.496 e.